The van der Waals surface area contributed by atoms with Gasteiger partial charge in [0.2, 0.25) is 0 Å². The first-order valence-electron chi connectivity index (χ1n) is 9.22. The van der Waals surface area contributed by atoms with E-state index in [0.717, 1.165) is 0 Å². The summed E-state index contributed by atoms with van der Waals surface area (Å²) in [5, 5.41) is 27.6. The molecular formula is C18H20N4O6. The molecule has 0 spiro atoms. The minimum Gasteiger partial charge on any atom is -0.481 e. The quantitative estimate of drug-likeness (QED) is 0.601. The van der Waals surface area contributed by atoms with Crippen molar-refractivity contribution in [1.29, 1.82) is 0 Å². The van der Waals surface area contributed by atoms with Gasteiger partial charge in [-0.2, -0.15) is 5.10 Å². The molecule has 1 aromatic heterocycles. The van der Waals surface area contributed by atoms with Gasteiger partial charge in [-0.25, -0.2) is 0 Å². The van der Waals surface area contributed by atoms with E-state index in [9.17, 15) is 24.8 Å². The average molecular weight is 388 g/mol. The number of nitro groups is 1. The average Bonchev–Trinajstić information content (AvgIpc) is 3.34. The van der Waals surface area contributed by atoms with Crippen molar-refractivity contribution in [3.8, 4) is 0 Å². The minimum absolute atomic E-state index is 0.0975. The van der Waals surface area contributed by atoms with E-state index in [1.54, 1.807) is 4.90 Å². The first-order valence-corrected chi connectivity index (χ1v) is 9.22. The van der Waals surface area contributed by atoms with Gasteiger partial charge < -0.3 is 14.7 Å². The number of carbonyl (C=O) groups excluding carboxylic acids is 1. The lowest BCUT2D eigenvalue weighted by molar-refractivity contribution is -0.384. The monoisotopic (exact) mass is 388 g/mol. The number of piperidine rings is 1. The molecule has 2 fully saturated rings. The molecule has 3 heterocycles. The number of aromatic nitrogens is 2. The van der Waals surface area contributed by atoms with Crippen LogP contribution in [-0.4, -0.2) is 62.8 Å². The number of aliphatic carboxylic acids is 1. The fourth-order valence-corrected chi connectivity index (χ4v) is 4.20. The van der Waals surface area contributed by atoms with Gasteiger partial charge in [0.05, 0.1) is 22.5 Å². The summed E-state index contributed by atoms with van der Waals surface area (Å²) < 4.78 is 5.66. The molecule has 1 amide bonds. The van der Waals surface area contributed by atoms with E-state index in [-0.39, 0.29) is 29.3 Å². The lowest BCUT2D eigenvalue weighted by atomic mass is 9.84. The van der Waals surface area contributed by atoms with E-state index in [0.29, 0.717) is 49.9 Å². The third kappa shape index (κ3) is 3.19. The fraction of sp³-hybridized carbons (Fsp3) is 0.500. The topological polar surface area (TPSA) is 139 Å². The van der Waals surface area contributed by atoms with Crippen LogP contribution in [0.4, 0.5) is 5.69 Å². The van der Waals surface area contributed by atoms with Crippen LogP contribution in [0.15, 0.2) is 18.2 Å². The van der Waals surface area contributed by atoms with Crippen molar-refractivity contribution in [3.05, 3.63) is 34.0 Å². The standard InChI is InChI=1S/C18H20N4O6/c23-17(15-13-9-11(22(26)27)1-2-14(13)19-20-15)21-6-3-10(4-7-21)16-12(18(24)25)5-8-28-16/h1-2,9-10,12,16H,3-8H2,(H,19,20)(H,24,25)/t12?,16-/m0/s1. The van der Waals surface area contributed by atoms with E-state index >= 15 is 0 Å². The highest BCUT2D eigenvalue weighted by molar-refractivity contribution is 6.05. The summed E-state index contributed by atoms with van der Waals surface area (Å²) in [6, 6.07) is 4.25. The first-order chi connectivity index (χ1) is 13.5. The predicted octanol–water partition coefficient (Wildman–Crippen LogP) is 1.81. The first kappa shape index (κ1) is 18.4. The molecule has 2 aromatic rings. The third-order valence-electron chi connectivity index (χ3n) is 5.70. The number of carboxylic acid groups (broad SMARTS) is 1. The Labute approximate surface area is 159 Å². The Balaban J connectivity index is 1.47. The highest BCUT2D eigenvalue weighted by atomic mass is 16.6. The van der Waals surface area contributed by atoms with Crippen molar-refractivity contribution in [2.24, 2.45) is 11.8 Å². The van der Waals surface area contributed by atoms with Crippen molar-refractivity contribution in [2.75, 3.05) is 19.7 Å². The van der Waals surface area contributed by atoms with Crippen LogP contribution in [0.3, 0.4) is 0 Å². The summed E-state index contributed by atoms with van der Waals surface area (Å²) in [4.78, 5) is 36.4. The molecule has 0 aliphatic carbocycles. The van der Waals surface area contributed by atoms with Crippen LogP contribution < -0.4 is 0 Å². The maximum atomic E-state index is 12.9. The van der Waals surface area contributed by atoms with Crippen LogP contribution in [0, 0.1) is 22.0 Å². The van der Waals surface area contributed by atoms with Gasteiger partial charge in [-0.15, -0.1) is 0 Å². The second kappa shape index (κ2) is 7.19. The van der Waals surface area contributed by atoms with Crippen LogP contribution in [0.25, 0.3) is 10.9 Å². The van der Waals surface area contributed by atoms with Gasteiger partial charge in [0.1, 0.15) is 0 Å². The van der Waals surface area contributed by atoms with E-state index in [1.807, 2.05) is 0 Å². The summed E-state index contributed by atoms with van der Waals surface area (Å²) >= 11 is 0. The molecule has 2 aliphatic heterocycles. The highest BCUT2D eigenvalue weighted by Crippen LogP contribution is 2.34. The molecule has 10 heteroatoms. The van der Waals surface area contributed by atoms with Gasteiger partial charge in [-0.1, -0.05) is 0 Å². The molecule has 0 saturated carbocycles. The SMILES string of the molecule is O=C(O)C1CCO[C@H]1C1CCN(C(=O)c2n[nH]c3ccc([N+](=O)[O-])cc23)CC1. The zero-order chi connectivity index (χ0) is 19.8. The van der Waals surface area contributed by atoms with Gasteiger partial charge in [-0.05, 0) is 31.2 Å². The Morgan fingerprint density at radius 3 is 2.71 bits per heavy atom. The largest absolute Gasteiger partial charge is 0.481 e. The number of hydrogen-bond donors (Lipinski definition) is 2. The predicted molar refractivity (Wildman–Crippen MR) is 96.9 cm³/mol. The summed E-state index contributed by atoms with van der Waals surface area (Å²) in [6.07, 6.45) is 1.53. The Kier molecular flexibility index (Phi) is 4.71. The van der Waals surface area contributed by atoms with E-state index in [2.05, 4.69) is 10.2 Å². The number of amides is 1. The molecule has 0 bridgehead atoms. The minimum atomic E-state index is -0.828. The van der Waals surface area contributed by atoms with Gasteiger partial charge in [0, 0.05) is 37.2 Å². The molecular weight excluding hydrogens is 368 g/mol. The van der Waals surface area contributed by atoms with Gasteiger partial charge in [-0.3, -0.25) is 24.8 Å². The Hall–Kier alpha value is -3.01. The van der Waals surface area contributed by atoms with Crippen molar-refractivity contribution >= 4 is 28.5 Å². The van der Waals surface area contributed by atoms with Crippen molar-refractivity contribution in [1.82, 2.24) is 15.1 Å². The number of ether oxygens (including phenoxy) is 1. The normalized spacial score (nSPS) is 23.2. The number of likely N-dealkylation sites (tertiary alicyclic amines) is 1. The molecule has 28 heavy (non-hydrogen) atoms. The molecule has 4 rings (SSSR count). The Morgan fingerprint density at radius 1 is 1.29 bits per heavy atom. The molecule has 2 aliphatic rings. The van der Waals surface area contributed by atoms with Crippen LogP contribution in [0.2, 0.25) is 0 Å². The number of nitro benzene ring substituents is 1. The van der Waals surface area contributed by atoms with Crippen LogP contribution in [0.1, 0.15) is 29.8 Å². The van der Waals surface area contributed by atoms with Gasteiger partial charge in [0.25, 0.3) is 11.6 Å². The highest BCUT2D eigenvalue weighted by Gasteiger charge is 2.41. The van der Waals surface area contributed by atoms with Crippen molar-refractivity contribution in [3.63, 3.8) is 0 Å². The number of nitrogens with zero attached hydrogens (tertiary/aromatic N) is 3. The third-order valence-corrected chi connectivity index (χ3v) is 5.70. The van der Waals surface area contributed by atoms with Crippen molar-refractivity contribution < 1.29 is 24.4 Å². The van der Waals surface area contributed by atoms with E-state index in [1.165, 1.54) is 18.2 Å². The Morgan fingerprint density at radius 2 is 2.04 bits per heavy atom. The van der Waals surface area contributed by atoms with Crippen molar-refractivity contribution in [2.45, 2.75) is 25.4 Å². The van der Waals surface area contributed by atoms with E-state index in [4.69, 9.17) is 4.74 Å². The molecule has 0 radical (unpaired) electrons. The summed E-state index contributed by atoms with van der Waals surface area (Å²) in [5.41, 5.74) is 0.630. The zero-order valence-electron chi connectivity index (χ0n) is 15.0. The molecule has 2 saturated heterocycles. The lowest BCUT2D eigenvalue weighted by Gasteiger charge is -2.35. The lowest BCUT2D eigenvalue weighted by Crippen LogP contribution is -2.43. The molecule has 148 valence electrons. The molecule has 2 atom stereocenters. The number of nitrogens with one attached hydrogen (secondary N) is 1. The maximum absolute atomic E-state index is 12.9. The molecule has 1 unspecified atom stereocenters. The van der Waals surface area contributed by atoms with Gasteiger partial charge >= 0.3 is 5.97 Å². The number of rotatable bonds is 4. The maximum Gasteiger partial charge on any atom is 0.309 e. The number of aromatic amines is 1. The number of carbonyl (C=O) groups is 2. The smallest absolute Gasteiger partial charge is 0.309 e. The number of fused-ring (bicyclic) bond motifs is 1. The van der Waals surface area contributed by atoms with Crippen LogP contribution in [-0.2, 0) is 9.53 Å². The van der Waals surface area contributed by atoms with Gasteiger partial charge in [0.15, 0.2) is 5.69 Å². The summed E-state index contributed by atoms with van der Waals surface area (Å²) in [5.74, 6) is -1.49. The Bertz CT molecular complexity index is 933. The van der Waals surface area contributed by atoms with Crippen LogP contribution in [0.5, 0.6) is 0 Å². The van der Waals surface area contributed by atoms with E-state index < -0.39 is 16.8 Å². The fourth-order valence-electron chi connectivity index (χ4n) is 4.20. The number of H-pyrrole nitrogens is 1. The summed E-state index contributed by atoms with van der Waals surface area (Å²) in [6.45, 7) is 1.40. The number of carboxylic acids is 1. The second-order valence-corrected chi connectivity index (χ2v) is 7.26. The number of benzene rings is 1. The molecule has 1 aromatic carbocycles. The van der Waals surface area contributed by atoms with Crippen LogP contribution >= 0.6 is 0 Å². The zero-order valence-corrected chi connectivity index (χ0v) is 15.0. The second-order valence-electron chi connectivity index (χ2n) is 7.26. The molecule has 10 nitrogen and oxygen atoms in total. The number of hydrogen-bond acceptors (Lipinski definition) is 6. The number of non-ortho nitro benzene ring substituents is 1. The molecule has 2 N–H and O–H groups in total. The summed E-state index contributed by atoms with van der Waals surface area (Å²) in [7, 11) is 0.